The van der Waals surface area contributed by atoms with Gasteiger partial charge in [0.1, 0.15) is 6.26 Å². The number of oxazole rings is 1. The lowest BCUT2D eigenvalue weighted by Gasteiger charge is -2.35. The van der Waals surface area contributed by atoms with Crippen molar-refractivity contribution in [3.63, 3.8) is 0 Å². The van der Waals surface area contributed by atoms with E-state index in [0.717, 1.165) is 31.9 Å². The average molecular weight is 390 g/mol. The minimum Gasteiger partial charge on any atom is -0.447 e. The summed E-state index contributed by atoms with van der Waals surface area (Å²) in [5, 5.41) is 2.83. The van der Waals surface area contributed by atoms with Crippen molar-refractivity contribution in [2.24, 2.45) is 0 Å². The Morgan fingerprint density at radius 1 is 1.03 bits per heavy atom. The number of piperazine rings is 1. The van der Waals surface area contributed by atoms with Crippen molar-refractivity contribution in [3.8, 4) is 0 Å². The highest BCUT2D eigenvalue weighted by atomic mass is 16.3. The van der Waals surface area contributed by atoms with Gasteiger partial charge in [0.25, 0.3) is 5.91 Å². The zero-order valence-electron chi connectivity index (χ0n) is 16.9. The highest BCUT2D eigenvalue weighted by molar-refractivity contribution is 6.02. The first kappa shape index (κ1) is 19.2. The molecule has 0 atom stereocenters. The molecule has 3 aromatic rings. The Bertz CT molecular complexity index is 976. The molecule has 1 amide bonds. The van der Waals surface area contributed by atoms with Gasteiger partial charge in [0, 0.05) is 37.6 Å². The predicted octanol–water partition coefficient (Wildman–Crippen LogP) is 3.87. The van der Waals surface area contributed by atoms with Crippen LogP contribution in [0.15, 0.2) is 59.2 Å². The van der Waals surface area contributed by atoms with Gasteiger partial charge in [0.15, 0.2) is 5.69 Å². The first-order valence-corrected chi connectivity index (χ1v) is 9.94. The number of hydrogen-bond acceptors (Lipinski definition) is 5. The van der Waals surface area contributed by atoms with Crippen molar-refractivity contribution < 1.29 is 9.21 Å². The summed E-state index contributed by atoms with van der Waals surface area (Å²) in [5.41, 5.74) is 4.97. The van der Waals surface area contributed by atoms with Crippen LogP contribution in [-0.2, 0) is 6.54 Å². The minimum absolute atomic E-state index is 0.259. The fourth-order valence-electron chi connectivity index (χ4n) is 3.48. The van der Waals surface area contributed by atoms with Gasteiger partial charge < -0.3 is 14.6 Å². The van der Waals surface area contributed by atoms with Crippen LogP contribution in [0.1, 0.15) is 27.5 Å². The molecule has 1 N–H and O–H groups in total. The molecule has 4 rings (SSSR count). The summed E-state index contributed by atoms with van der Waals surface area (Å²) in [5.74, 6) is 0.314. The van der Waals surface area contributed by atoms with Crippen LogP contribution in [0.2, 0.25) is 0 Å². The highest BCUT2D eigenvalue weighted by Gasteiger charge is 2.20. The van der Waals surface area contributed by atoms with E-state index in [-0.39, 0.29) is 5.91 Å². The number of anilines is 2. The summed E-state index contributed by atoms with van der Waals surface area (Å²) in [6.07, 6.45) is 1.43. The molecule has 2 heterocycles. The average Bonchev–Trinajstić information content (AvgIpc) is 3.20. The Hall–Kier alpha value is -3.12. The number of aryl methyl sites for hydroxylation is 2. The maximum Gasteiger partial charge on any atom is 0.277 e. The van der Waals surface area contributed by atoms with Crippen LogP contribution in [0, 0.1) is 13.8 Å². The van der Waals surface area contributed by atoms with E-state index < -0.39 is 0 Å². The van der Waals surface area contributed by atoms with Gasteiger partial charge >= 0.3 is 0 Å². The minimum atomic E-state index is -0.259. The molecule has 0 radical (unpaired) electrons. The number of nitrogens with one attached hydrogen (secondary N) is 1. The standard InChI is InChI=1S/C23H26N4O2/c1-17-8-9-20(14-18(17)2)27-12-10-26(11-13-27)15-22-25-21(16-29-22)23(28)24-19-6-4-3-5-7-19/h3-9,14,16H,10-13,15H2,1-2H3,(H,24,28). The monoisotopic (exact) mass is 390 g/mol. The number of amides is 1. The van der Waals surface area contributed by atoms with Crippen molar-refractivity contribution in [1.29, 1.82) is 0 Å². The Morgan fingerprint density at radius 2 is 1.79 bits per heavy atom. The van der Waals surface area contributed by atoms with E-state index in [1.807, 2.05) is 30.3 Å². The summed E-state index contributed by atoms with van der Waals surface area (Å²) < 4.78 is 5.54. The third kappa shape index (κ3) is 4.66. The Kier molecular flexibility index (Phi) is 5.62. The van der Waals surface area contributed by atoms with E-state index in [2.05, 4.69) is 52.1 Å². The second-order valence-electron chi connectivity index (χ2n) is 7.48. The maximum atomic E-state index is 12.3. The second kappa shape index (κ2) is 8.49. The molecular formula is C23H26N4O2. The molecular weight excluding hydrogens is 364 g/mol. The summed E-state index contributed by atoms with van der Waals surface area (Å²) in [6.45, 7) is 8.70. The van der Waals surface area contributed by atoms with Crippen LogP contribution in [-0.4, -0.2) is 42.0 Å². The van der Waals surface area contributed by atoms with Crippen LogP contribution in [0.3, 0.4) is 0 Å². The summed E-state index contributed by atoms with van der Waals surface area (Å²) in [7, 11) is 0. The number of hydrogen-bond donors (Lipinski definition) is 1. The van der Waals surface area contributed by atoms with Gasteiger partial charge in [-0.25, -0.2) is 4.98 Å². The van der Waals surface area contributed by atoms with Gasteiger partial charge in [-0.05, 0) is 49.2 Å². The molecule has 2 aromatic carbocycles. The molecule has 1 fully saturated rings. The molecule has 29 heavy (non-hydrogen) atoms. The molecule has 0 spiro atoms. The van der Waals surface area contributed by atoms with E-state index in [1.54, 1.807) is 0 Å². The lowest BCUT2D eigenvalue weighted by Crippen LogP contribution is -2.46. The fourth-order valence-corrected chi connectivity index (χ4v) is 3.48. The number of nitrogens with zero attached hydrogens (tertiary/aromatic N) is 3. The number of carbonyl (C=O) groups excluding carboxylic acids is 1. The van der Waals surface area contributed by atoms with Crippen LogP contribution >= 0.6 is 0 Å². The van der Waals surface area contributed by atoms with Gasteiger partial charge in [-0.3, -0.25) is 9.69 Å². The summed E-state index contributed by atoms with van der Waals surface area (Å²) in [4.78, 5) is 21.4. The first-order chi connectivity index (χ1) is 14.1. The van der Waals surface area contributed by atoms with E-state index in [1.165, 1.54) is 23.1 Å². The molecule has 1 aromatic heterocycles. The third-order valence-corrected chi connectivity index (χ3v) is 5.40. The van der Waals surface area contributed by atoms with E-state index >= 15 is 0 Å². The molecule has 6 nitrogen and oxygen atoms in total. The van der Waals surface area contributed by atoms with Crippen LogP contribution in [0.5, 0.6) is 0 Å². The normalized spacial score (nSPS) is 14.8. The summed E-state index contributed by atoms with van der Waals surface area (Å²) in [6, 6.07) is 16.0. The number of para-hydroxylation sites is 1. The highest BCUT2D eigenvalue weighted by Crippen LogP contribution is 2.21. The van der Waals surface area contributed by atoms with Crippen molar-refractivity contribution in [2.45, 2.75) is 20.4 Å². The van der Waals surface area contributed by atoms with E-state index in [9.17, 15) is 4.79 Å². The summed E-state index contributed by atoms with van der Waals surface area (Å²) >= 11 is 0. The van der Waals surface area contributed by atoms with Crippen molar-refractivity contribution in [3.05, 3.63) is 77.5 Å². The van der Waals surface area contributed by atoms with Gasteiger partial charge in [0.05, 0.1) is 6.54 Å². The van der Waals surface area contributed by atoms with E-state index in [0.29, 0.717) is 18.1 Å². The van der Waals surface area contributed by atoms with Gasteiger partial charge in [-0.15, -0.1) is 0 Å². The zero-order chi connectivity index (χ0) is 20.2. The Labute approximate surface area is 171 Å². The van der Waals surface area contributed by atoms with Crippen molar-refractivity contribution in [1.82, 2.24) is 9.88 Å². The van der Waals surface area contributed by atoms with Gasteiger partial charge in [-0.2, -0.15) is 0 Å². The SMILES string of the molecule is Cc1ccc(N2CCN(Cc3nc(C(=O)Nc4ccccc4)co3)CC2)cc1C. The largest absolute Gasteiger partial charge is 0.447 e. The number of carbonyl (C=O) groups is 1. The molecule has 150 valence electrons. The smallest absolute Gasteiger partial charge is 0.277 e. The molecule has 0 saturated carbocycles. The molecule has 0 aliphatic carbocycles. The maximum absolute atomic E-state index is 12.3. The Morgan fingerprint density at radius 3 is 2.52 bits per heavy atom. The molecule has 6 heteroatoms. The van der Waals surface area contributed by atoms with Gasteiger partial charge in [-0.1, -0.05) is 24.3 Å². The third-order valence-electron chi connectivity index (χ3n) is 5.40. The molecule has 1 aliphatic rings. The zero-order valence-corrected chi connectivity index (χ0v) is 16.9. The van der Waals surface area contributed by atoms with Crippen LogP contribution in [0.25, 0.3) is 0 Å². The van der Waals surface area contributed by atoms with E-state index in [4.69, 9.17) is 4.42 Å². The molecule has 0 unspecified atom stereocenters. The quantitative estimate of drug-likeness (QED) is 0.717. The topological polar surface area (TPSA) is 61.6 Å². The second-order valence-corrected chi connectivity index (χ2v) is 7.48. The fraction of sp³-hybridized carbons (Fsp3) is 0.304. The lowest BCUT2D eigenvalue weighted by atomic mass is 10.1. The van der Waals surface area contributed by atoms with Crippen LogP contribution < -0.4 is 10.2 Å². The van der Waals surface area contributed by atoms with Crippen molar-refractivity contribution in [2.75, 3.05) is 36.4 Å². The lowest BCUT2D eigenvalue weighted by molar-refractivity contribution is 0.102. The number of benzene rings is 2. The van der Waals surface area contributed by atoms with Crippen molar-refractivity contribution >= 4 is 17.3 Å². The van der Waals surface area contributed by atoms with Gasteiger partial charge in [0.2, 0.25) is 5.89 Å². The predicted molar refractivity (Wildman–Crippen MR) is 114 cm³/mol. The number of aromatic nitrogens is 1. The molecule has 1 saturated heterocycles. The molecule has 0 bridgehead atoms. The Balaban J connectivity index is 1.31. The van der Waals surface area contributed by atoms with Crippen LogP contribution in [0.4, 0.5) is 11.4 Å². The first-order valence-electron chi connectivity index (χ1n) is 9.94. The number of rotatable bonds is 5. The molecule has 1 aliphatic heterocycles.